The highest BCUT2D eigenvalue weighted by Crippen LogP contribution is 2.08. The largest absolute Gasteiger partial charge is 0.493 e. The molecule has 0 aliphatic carbocycles. The molecular formula is C16H18N2O2. The molecule has 20 heavy (non-hydrogen) atoms. The molecule has 4 heteroatoms. The minimum absolute atomic E-state index is 0.0386. The number of amides is 1. The molecule has 2 aromatic rings. The van der Waals surface area contributed by atoms with Crippen LogP contribution in [-0.2, 0) is 11.3 Å². The minimum atomic E-state index is -0.0386. The molecule has 0 saturated heterocycles. The Labute approximate surface area is 118 Å². The molecule has 0 spiro atoms. The Bertz CT molecular complexity index is 555. The molecule has 0 aliphatic heterocycles. The fraction of sp³-hybridized carbons (Fsp3) is 0.188. The Morgan fingerprint density at radius 1 is 1.10 bits per heavy atom. The molecule has 1 amide bonds. The number of benzene rings is 2. The minimum Gasteiger partial charge on any atom is -0.493 e. The van der Waals surface area contributed by atoms with E-state index in [0.29, 0.717) is 25.3 Å². The van der Waals surface area contributed by atoms with Crippen LogP contribution in [0.15, 0.2) is 54.6 Å². The summed E-state index contributed by atoms with van der Waals surface area (Å²) in [7, 11) is 0. The van der Waals surface area contributed by atoms with Crippen LogP contribution in [-0.4, -0.2) is 12.5 Å². The summed E-state index contributed by atoms with van der Waals surface area (Å²) < 4.78 is 5.47. The van der Waals surface area contributed by atoms with Crippen LogP contribution in [0, 0.1) is 0 Å². The summed E-state index contributed by atoms with van der Waals surface area (Å²) >= 11 is 0. The molecule has 0 heterocycles. The van der Waals surface area contributed by atoms with Crippen LogP contribution in [0.3, 0.4) is 0 Å². The summed E-state index contributed by atoms with van der Waals surface area (Å²) in [6.45, 7) is 0.849. The highest BCUT2D eigenvalue weighted by atomic mass is 16.5. The fourth-order valence-electron chi connectivity index (χ4n) is 1.77. The second-order valence-corrected chi connectivity index (χ2v) is 4.43. The lowest BCUT2D eigenvalue weighted by Gasteiger charge is -2.07. The fourth-order valence-corrected chi connectivity index (χ4v) is 1.77. The van der Waals surface area contributed by atoms with Crippen molar-refractivity contribution < 1.29 is 9.53 Å². The number of hydrogen-bond acceptors (Lipinski definition) is 3. The molecule has 3 N–H and O–H groups in total. The predicted molar refractivity (Wildman–Crippen MR) is 79.3 cm³/mol. The number of nitrogen functional groups attached to an aromatic ring is 1. The van der Waals surface area contributed by atoms with E-state index in [1.54, 1.807) is 0 Å². The first-order valence-electron chi connectivity index (χ1n) is 6.53. The van der Waals surface area contributed by atoms with Crippen LogP contribution < -0.4 is 15.8 Å². The quantitative estimate of drug-likeness (QED) is 0.792. The van der Waals surface area contributed by atoms with Crippen LogP contribution >= 0.6 is 0 Å². The smallest absolute Gasteiger partial charge is 0.223 e. The summed E-state index contributed by atoms with van der Waals surface area (Å²) in [6, 6.07) is 16.9. The lowest BCUT2D eigenvalue weighted by molar-refractivity contribution is -0.121. The zero-order valence-electron chi connectivity index (χ0n) is 11.2. The lowest BCUT2D eigenvalue weighted by Crippen LogP contribution is -2.24. The summed E-state index contributed by atoms with van der Waals surface area (Å²) in [4.78, 5) is 11.7. The Morgan fingerprint density at radius 2 is 1.90 bits per heavy atom. The van der Waals surface area contributed by atoms with Crippen molar-refractivity contribution in [1.29, 1.82) is 0 Å². The normalized spacial score (nSPS) is 10.0. The maximum Gasteiger partial charge on any atom is 0.223 e. The van der Waals surface area contributed by atoms with Gasteiger partial charge in [0, 0.05) is 12.2 Å². The standard InChI is InChI=1S/C16H18N2O2/c17-14-6-4-5-13(11-14)12-18-16(19)9-10-20-15-7-2-1-3-8-15/h1-8,11H,9-10,12,17H2,(H,18,19). The van der Waals surface area contributed by atoms with Crippen LogP contribution in [0.25, 0.3) is 0 Å². The first kappa shape index (κ1) is 13.9. The number of ether oxygens (including phenoxy) is 1. The van der Waals surface area contributed by atoms with Gasteiger partial charge >= 0.3 is 0 Å². The number of para-hydroxylation sites is 1. The Hall–Kier alpha value is -2.49. The summed E-state index contributed by atoms with van der Waals surface area (Å²) in [5.41, 5.74) is 7.36. The van der Waals surface area contributed by atoms with Crippen molar-refractivity contribution in [2.45, 2.75) is 13.0 Å². The van der Waals surface area contributed by atoms with Gasteiger partial charge < -0.3 is 15.8 Å². The van der Waals surface area contributed by atoms with Gasteiger partial charge in [-0.3, -0.25) is 4.79 Å². The second kappa shape index (κ2) is 7.19. The van der Waals surface area contributed by atoms with Gasteiger partial charge in [0.1, 0.15) is 5.75 Å². The number of anilines is 1. The highest BCUT2D eigenvalue weighted by molar-refractivity contribution is 5.76. The molecule has 0 atom stereocenters. The number of nitrogens with two attached hydrogens (primary N) is 1. The van der Waals surface area contributed by atoms with E-state index in [2.05, 4.69) is 5.32 Å². The Morgan fingerprint density at radius 3 is 2.65 bits per heavy atom. The van der Waals surface area contributed by atoms with Crippen LogP contribution in [0.4, 0.5) is 5.69 Å². The van der Waals surface area contributed by atoms with Gasteiger partial charge in [0.05, 0.1) is 13.0 Å². The molecule has 104 valence electrons. The van der Waals surface area contributed by atoms with Crippen molar-refractivity contribution in [1.82, 2.24) is 5.32 Å². The third-order valence-electron chi connectivity index (χ3n) is 2.78. The van der Waals surface area contributed by atoms with Gasteiger partial charge in [-0.2, -0.15) is 0 Å². The van der Waals surface area contributed by atoms with E-state index in [4.69, 9.17) is 10.5 Å². The molecule has 0 bridgehead atoms. The van der Waals surface area contributed by atoms with Crippen molar-refractivity contribution in [3.05, 3.63) is 60.2 Å². The van der Waals surface area contributed by atoms with E-state index in [-0.39, 0.29) is 5.91 Å². The van der Waals surface area contributed by atoms with E-state index in [1.165, 1.54) is 0 Å². The van der Waals surface area contributed by atoms with Crippen LogP contribution in [0.2, 0.25) is 0 Å². The van der Waals surface area contributed by atoms with Crippen LogP contribution in [0.1, 0.15) is 12.0 Å². The van der Waals surface area contributed by atoms with Gasteiger partial charge in [0.15, 0.2) is 0 Å². The Kier molecular flexibility index (Phi) is 5.00. The summed E-state index contributed by atoms with van der Waals surface area (Å²) in [6.07, 6.45) is 0.331. The maximum atomic E-state index is 11.7. The topological polar surface area (TPSA) is 64.3 Å². The molecule has 0 aliphatic rings. The molecule has 4 nitrogen and oxygen atoms in total. The molecule has 0 fully saturated rings. The molecule has 0 saturated carbocycles. The van der Waals surface area contributed by atoms with Crippen molar-refractivity contribution in [2.75, 3.05) is 12.3 Å². The second-order valence-electron chi connectivity index (χ2n) is 4.43. The third kappa shape index (κ3) is 4.65. The zero-order chi connectivity index (χ0) is 14.2. The van der Waals surface area contributed by atoms with Gasteiger partial charge in [-0.15, -0.1) is 0 Å². The van der Waals surface area contributed by atoms with Crippen molar-refractivity contribution >= 4 is 11.6 Å². The number of carbonyl (C=O) groups is 1. The molecular weight excluding hydrogens is 252 g/mol. The van der Waals surface area contributed by atoms with Gasteiger partial charge in [-0.25, -0.2) is 0 Å². The predicted octanol–water partition coefficient (Wildman–Crippen LogP) is 2.35. The van der Waals surface area contributed by atoms with Gasteiger partial charge in [0.2, 0.25) is 5.91 Å². The van der Waals surface area contributed by atoms with Crippen molar-refractivity contribution in [2.24, 2.45) is 0 Å². The number of nitrogens with one attached hydrogen (secondary N) is 1. The third-order valence-corrected chi connectivity index (χ3v) is 2.78. The number of rotatable bonds is 6. The molecule has 0 aromatic heterocycles. The molecule has 2 rings (SSSR count). The number of carbonyl (C=O) groups excluding carboxylic acids is 1. The molecule has 0 unspecified atom stereocenters. The van der Waals surface area contributed by atoms with E-state index < -0.39 is 0 Å². The highest BCUT2D eigenvalue weighted by Gasteiger charge is 2.02. The van der Waals surface area contributed by atoms with E-state index >= 15 is 0 Å². The monoisotopic (exact) mass is 270 g/mol. The molecule has 0 radical (unpaired) electrons. The van der Waals surface area contributed by atoms with E-state index in [9.17, 15) is 4.79 Å². The number of hydrogen-bond donors (Lipinski definition) is 2. The first-order chi connectivity index (χ1) is 9.74. The average Bonchev–Trinajstić information content (AvgIpc) is 2.46. The van der Waals surface area contributed by atoms with Crippen molar-refractivity contribution in [3.8, 4) is 5.75 Å². The summed E-state index contributed by atoms with van der Waals surface area (Å²) in [5, 5.41) is 2.84. The van der Waals surface area contributed by atoms with E-state index in [0.717, 1.165) is 11.3 Å². The van der Waals surface area contributed by atoms with Crippen LogP contribution in [0.5, 0.6) is 5.75 Å². The average molecular weight is 270 g/mol. The van der Waals surface area contributed by atoms with Gasteiger partial charge in [-0.1, -0.05) is 30.3 Å². The maximum absolute atomic E-state index is 11.7. The SMILES string of the molecule is Nc1cccc(CNC(=O)CCOc2ccccc2)c1. The van der Waals surface area contributed by atoms with E-state index in [1.807, 2.05) is 54.6 Å². The van der Waals surface area contributed by atoms with Gasteiger partial charge in [0.25, 0.3) is 0 Å². The Balaban J connectivity index is 1.68. The first-order valence-corrected chi connectivity index (χ1v) is 6.53. The molecule has 2 aromatic carbocycles. The zero-order valence-corrected chi connectivity index (χ0v) is 11.2. The lowest BCUT2D eigenvalue weighted by atomic mass is 10.2. The van der Waals surface area contributed by atoms with Gasteiger partial charge in [-0.05, 0) is 29.8 Å². The van der Waals surface area contributed by atoms with Crippen molar-refractivity contribution in [3.63, 3.8) is 0 Å². The summed E-state index contributed by atoms with van der Waals surface area (Å²) in [5.74, 6) is 0.736.